The summed E-state index contributed by atoms with van der Waals surface area (Å²) in [4.78, 5) is 12.8. The van der Waals surface area contributed by atoms with Gasteiger partial charge in [0.25, 0.3) is 0 Å². The standard InChI is InChI=1S/C10H14N2O3/c1-12-4-2-3-7(12)5-8-6-9(10(13)14)11-15-8/h6-7H,2-5H2,1H3,(H,13,14). The Morgan fingerprint density at radius 1 is 1.80 bits per heavy atom. The number of likely N-dealkylation sites (N-methyl/N-ethyl adjacent to an activating group) is 1. The Labute approximate surface area is 87.7 Å². The summed E-state index contributed by atoms with van der Waals surface area (Å²) < 4.78 is 4.98. The maximum atomic E-state index is 10.6. The Bertz CT molecular complexity index is 361. The van der Waals surface area contributed by atoms with Crippen molar-refractivity contribution >= 4 is 5.97 Å². The smallest absolute Gasteiger partial charge is 0.358 e. The van der Waals surface area contributed by atoms with Crippen LogP contribution < -0.4 is 0 Å². The third-order valence-electron chi connectivity index (χ3n) is 2.89. The number of carbonyl (C=O) groups is 1. The van der Waals surface area contributed by atoms with Gasteiger partial charge in [-0.2, -0.15) is 0 Å². The van der Waals surface area contributed by atoms with Crippen molar-refractivity contribution in [1.29, 1.82) is 0 Å². The molecule has 1 N–H and O–H groups in total. The molecule has 1 fully saturated rings. The van der Waals surface area contributed by atoms with Gasteiger partial charge in [0.15, 0.2) is 5.69 Å². The van der Waals surface area contributed by atoms with E-state index >= 15 is 0 Å². The number of aromatic nitrogens is 1. The summed E-state index contributed by atoms with van der Waals surface area (Å²) in [7, 11) is 2.08. The maximum Gasteiger partial charge on any atom is 0.358 e. The molecule has 0 amide bonds. The topological polar surface area (TPSA) is 66.6 Å². The van der Waals surface area contributed by atoms with Crippen molar-refractivity contribution in [3.63, 3.8) is 0 Å². The lowest BCUT2D eigenvalue weighted by Crippen LogP contribution is -2.26. The highest BCUT2D eigenvalue weighted by Crippen LogP contribution is 2.19. The second kappa shape index (κ2) is 4.02. The third kappa shape index (κ3) is 2.18. The van der Waals surface area contributed by atoms with Crippen LogP contribution in [0.3, 0.4) is 0 Å². The highest BCUT2D eigenvalue weighted by Gasteiger charge is 2.23. The first-order valence-corrected chi connectivity index (χ1v) is 5.06. The number of hydrogen-bond donors (Lipinski definition) is 1. The van der Waals surface area contributed by atoms with Crippen LogP contribution in [0.25, 0.3) is 0 Å². The number of carboxylic acids is 1. The van der Waals surface area contributed by atoms with Gasteiger partial charge in [-0.3, -0.25) is 0 Å². The SMILES string of the molecule is CN1CCCC1Cc1cc(C(=O)O)no1. The predicted octanol–water partition coefficient (Wildman–Crippen LogP) is 1.01. The van der Waals surface area contributed by atoms with Crippen molar-refractivity contribution in [3.8, 4) is 0 Å². The molecule has 0 aliphatic carbocycles. The lowest BCUT2D eigenvalue weighted by Gasteiger charge is -2.17. The van der Waals surface area contributed by atoms with E-state index in [0.29, 0.717) is 11.8 Å². The van der Waals surface area contributed by atoms with Crippen LogP contribution in [0.5, 0.6) is 0 Å². The molecule has 0 saturated carbocycles. The van der Waals surface area contributed by atoms with Crippen LogP contribution in [-0.4, -0.2) is 40.8 Å². The molecule has 0 radical (unpaired) electrons. The highest BCUT2D eigenvalue weighted by atomic mass is 16.5. The summed E-state index contributed by atoms with van der Waals surface area (Å²) in [6, 6.07) is 1.97. The Hall–Kier alpha value is -1.36. The van der Waals surface area contributed by atoms with Crippen molar-refractivity contribution in [2.75, 3.05) is 13.6 Å². The lowest BCUT2D eigenvalue weighted by atomic mass is 10.1. The van der Waals surface area contributed by atoms with Crippen LogP contribution in [0.2, 0.25) is 0 Å². The zero-order valence-electron chi connectivity index (χ0n) is 8.64. The molecule has 5 heteroatoms. The molecule has 0 bridgehead atoms. The van der Waals surface area contributed by atoms with E-state index in [9.17, 15) is 4.79 Å². The normalized spacial score (nSPS) is 22.1. The summed E-state index contributed by atoms with van der Waals surface area (Å²) >= 11 is 0. The lowest BCUT2D eigenvalue weighted by molar-refractivity contribution is 0.0685. The quantitative estimate of drug-likeness (QED) is 0.806. The monoisotopic (exact) mass is 210 g/mol. The minimum absolute atomic E-state index is 0.00866. The molecule has 0 aromatic carbocycles. The van der Waals surface area contributed by atoms with Crippen molar-refractivity contribution in [2.24, 2.45) is 0 Å². The van der Waals surface area contributed by atoms with Crippen molar-refractivity contribution in [2.45, 2.75) is 25.3 Å². The molecule has 1 aliphatic heterocycles. The number of rotatable bonds is 3. The van der Waals surface area contributed by atoms with Gasteiger partial charge in [0.1, 0.15) is 5.76 Å². The van der Waals surface area contributed by atoms with Crippen molar-refractivity contribution in [1.82, 2.24) is 10.1 Å². The van der Waals surface area contributed by atoms with Gasteiger partial charge in [-0.25, -0.2) is 4.79 Å². The Morgan fingerprint density at radius 2 is 2.60 bits per heavy atom. The van der Waals surface area contributed by atoms with Crippen LogP contribution in [0.4, 0.5) is 0 Å². The molecule has 1 atom stereocenters. The first-order valence-electron chi connectivity index (χ1n) is 5.06. The fourth-order valence-electron chi connectivity index (χ4n) is 1.98. The van der Waals surface area contributed by atoms with Crippen molar-refractivity contribution < 1.29 is 14.4 Å². The van der Waals surface area contributed by atoms with E-state index in [1.54, 1.807) is 0 Å². The van der Waals surface area contributed by atoms with Gasteiger partial charge in [0.05, 0.1) is 0 Å². The van der Waals surface area contributed by atoms with Crippen LogP contribution in [0, 0.1) is 0 Å². The summed E-state index contributed by atoms with van der Waals surface area (Å²) in [6.07, 6.45) is 3.08. The van der Waals surface area contributed by atoms with Gasteiger partial charge < -0.3 is 14.5 Å². The minimum atomic E-state index is -1.04. The molecule has 1 aliphatic rings. The largest absolute Gasteiger partial charge is 0.476 e. The number of nitrogens with zero attached hydrogens (tertiary/aromatic N) is 2. The molecule has 15 heavy (non-hydrogen) atoms. The molecule has 1 aromatic heterocycles. The second-order valence-corrected chi connectivity index (χ2v) is 3.96. The zero-order valence-corrected chi connectivity index (χ0v) is 8.64. The van der Waals surface area contributed by atoms with Crippen molar-refractivity contribution in [3.05, 3.63) is 17.5 Å². The molecule has 2 heterocycles. The number of likely N-dealkylation sites (tertiary alicyclic amines) is 1. The highest BCUT2D eigenvalue weighted by molar-refractivity contribution is 5.85. The van der Waals surface area contributed by atoms with Crippen LogP contribution >= 0.6 is 0 Å². The molecule has 0 spiro atoms. The second-order valence-electron chi connectivity index (χ2n) is 3.96. The van der Waals surface area contributed by atoms with Gasteiger partial charge in [-0.05, 0) is 26.4 Å². The van der Waals surface area contributed by atoms with E-state index in [4.69, 9.17) is 9.63 Å². The molecule has 1 unspecified atom stereocenters. The van der Waals surface area contributed by atoms with E-state index < -0.39 is 5.97 Å². The van der Waals surface area contributed by atoms with E-state index in [0.717, 1.165) is 19.4 Å². The Morgan fingerprint density at radius 3 is 3.13 bits per heavy atom. The molecular weight excluding hydrogens is 196 g/mol. The van der Waals surface area contributed by atoms with Gasteiger partial charge in [-0.15, -0.1) is 0 Å². The van der Waals surface area contributed by atoms with E-state index in [-0.39, 0.29) is 5.69 Å². The summed E-state index contributed by atoms with van der Waals surface area (Å²) in [5.74, 6) is -0.379. The van der Waals surface area contributed by atoms with Gasteiger partial charge in [0, 0.05) is 18.5 Å². The average molecular weight is 210 g/mol. The fraction of sp³-hybridized carbons (Fsp3) is 0.600. The summed E-state index contributed by atoms with van der Waals surface area (Å²) in [5, 5.41) is 12.2. The van der Waals surface area contributed by atoms with E-state index in [1.165, 1.54) is 12.5 Å². The predicted molar refractivity (Wildman–Crippen MR) is 52.8 cm³/mol. The number of carboxylic acid groups (broad SMARTS) is 1. The molecular formula is C10H14N2O3. The summed E-state index contributed by atoms with van der Waals surface area (Å²) in [6.45, 7) is 1.10. The maximum absolute atomic E-state index is 10.6. The average Bonchev–Trinajstić information content (AvgIpc) is 2.77. The zero-order chi connectivity index (χ0) is 10.8. The molecule has 82 valence electrons. The first kappa shape index (κ1) is 10.2. The Kier molecular flexibility index (Phi) is 2.73. The van der Waals surface area contributed by atoms with Gasteiger partial charge >= 0.3 is 5.97 Å². The molecule has 1 saturated heterocycles. The summed E-state index contributed by atoms with van der Waals surface area (Å²) in [5.41, 5.74) is -0.00866. The first-order chi connectivity index (χ1) is 7.16. The number of aromatic carboxylic acids is 1. The number of hydrogen-bond acceptors (Lipinski definition) is 4. The van der Waals surface area contributed by atoms with E-state index in [1.807, 2.05) is 0 Å². The molecule has 5 nitrogen and oxygen atoms in total. The van der Waals surface area contributed by atoms with Gasteiger partial charge in [0.2, 0.25) is 0 Å². The van der Waals surface area contributed by atoms with Crippen LogP contribution in [0.15, 0.2) is 10.6 Å². The molecule has 2 rings (SSSR count). The Balaban J connectivity index is 2.01. The van der Waals surface area contributed by atoms with Crippen LogP contribution in [-0.2, 0) is 6.42 Å². The van der Waals surface area contributed by atoms with Gasteiger partial charge in [-0.1, -0.05) is 5.16 Å². The molecule has 1 aromatic rings. The minimum Gasteiger partial charge on any atom is -0.476 e. The fourth-order valence-corrected chi connectivity index (χ4v) is 1.98. The third-order valence-corrected chi connectivity index (χ3v) is 2.89. The van der Waals surface area contributed by atoms with E-state index in [2.05, 4.69) is 17.1 Å². The van der Waals surface area contributed by atoms with Crippen LogP contribution in [0.1, 0.15) is 29.1 Å².